The van der Waals surface area contributed by atoms with Crippen LogP contribution in [0.25, 0.3) is 11.4 Å². The van der Waals surface area contributed by atoms with E-state index < -0.39 is 0 Å². The van der Waals surface area contributed by atoms with Crippen LogP contribution in [-0.4, -0.2) is 26.8 Å². The SMILES string of the molecule is COc1ccccc1-c1nnc(SC(C)c2cccc([N+](=O)[O-])c2)n1CCc1ccccc1. The van der Waals surface area contributed by atoms with Gasteiger partial charge in [-0.05, 0) is 36.6 Å². The van der Waals surface area contributed by atoms with Crippen LogP contribution in [0, 0.1) is 10.1 Å². The molecule has 0 saturated carbocycles. The Balaban J connectivity index is 1.67. The number of hydrogen-bond donors (Lipinski definition) is 0. The molecule has 1 aromatic heterocycles. The van der Waals surface area contributed by atoms with Crippen molar-refractivity contribution in [1.29, 1.82) is 0 Å². The van der Waals surface area contributed by atoms with Gasteiger partial charge in [0.05, 0.1) is 17.6 Å². The lowest BCUT2D eigenvalue weighted by Crippen LogP contribution is -2.06. The predicted octanol–water partition coefficient (Wildman–Crippen LogP) is 5.96. The maximum Gasteiger partial charge on any atom is 0.269 e. The van der Waals surface area contributed by atoms with Gasteiger partial charge in [0, 0.05) is 23.9 Å². The molecule has 4 aromatic rings. The monoisotopic (exact) mass is 460 g/mol. The summed E-state index contributed by atoms with van der Waals surface area (Å²) in [6.07, 6.45) is 0.819. The number of rotatable bonds is 9. The maximum atomic E-state index is 11.2. The highest BCUT2D eigenvalue weighted by Gasteiger charge is 2.20. The molecule has 0 bridgehead atoms. The van der Waals surface area contributed by atoms with Crippen LogP contribution in [0.15, 0.2) is 84.0 Å². The van der Waals surface area contributed by atoms with Crippen LogP contribution in [0.4, 0.5) is 5.69 Å². The summed E-state index contributed by atoms with van der Waals surface area (Å²) in [5, 5.41) is 20.9. The Hall–Kier alpha value is -3.65. The molecule has 4 rings (SSSR count). The van der Waals surface area contributed by atoms with Crippen LogP contribution in [0.3, 0.4) is 0 Å². The molecule has 33 heavy (non-hydrogen) atoms. The number of benzene rings is 3. The largest absolute Gasteiger partial charge is 0.496 e. The Labute approximate surface area is 196 Å². The number of thioether (sulfide) groups is 1. The van der Waals surface area contributed by atoms with Gasteiger partial charge in [0.1, 0.15) is 5.75 Å². The van der Waals surface area contributed by atoms with E-state index >= 15 is 0 Å². The van der Waals surface area contributed by atoms with Crippen molar-refractivity contribution < 1.29 is 9.66 Å². The summed E-state index contributed by atoms with van der Waals surface area (Å²) < 4.78 is 7.66. The minimum atomic E-state index is -0.372. The Morgan fingerprint density at radius 1 is 1.03 bits per heavy atom. The average Bonchev–Trinajstić information content (AvgIpc) is 3.25. The highest BCUT2D eigenvalue weighted by atomic mass is 32.2. The highest BCUT2D eigenvalue weighted by Crippen LogP contribution is 2.38. The van der Waals surface area contributed by atoms with Gasteiger partial charge < -0.3 is 9.30 Å². The smallest absolute Gasteiger partial charge is 0.269 e. The summed E-state index contributed by atoms with van der Waals surface area (Å²) in [5.74, 6) is 1.46. The molecule has 0 radical (unpaired) electrons. The molecular weight excluding hydrogens is 436 g/mol. The third-order valence-corrected chi connectivity index (χ3v) is 6.50. The number of aryl methyl sites for hydroxylation is 1. The van der Waals surface area contributed by atoms with E-state index in [-0.39, 0.29) is 15.9 Å². The van der Waals surface area contributed by atoms with Crippen LogP contribution in [0.5, 0.6) is 5.75 Å². The molecular formula is C25H24N4O3S. The fourth-order valence-corrected chi connectivity index (χ4v) is 4.60. The van der Waals surface area contributed by atoms with E-state index in [4.69, 9.17) is 4.74 Å². The summed E-state index contributed by atoms with van der Waals surface area (Å²) in [6.45, 7) is 2.71. The number of nitro groups is 1. The predicted molar refractivity (Wildman–Crippen MR) is 130 cm³/mol. The zero-order valence-electron chi connectivity index (χ0n) is 18.4. The van der Waals surface area contributed by atoms with E-state index in [1.165, 1.54) is 23.4 Å². The number of methoxy groups -OCH3 is 1. The molecule has 0 aliphatic carbocycles. The van der Waals surface area contributed by atoms with Gasteiger partial charge in [-0.15, -0.1) is 10.2 Å². The molecule has 8 heteroatoms. The average molecular weight is 461 g/mol. The van der Waals surface area contributed by atoms with Gasteiger partial charge in [-0.25, -0.2) is 0 Å². The summed E-state index contributed by atoms with van der Waals surface area (Å²) in [5.41, 5.74) is 3.04. The van der Waals surface area contributed by atoms with Gasteiger partial charge in [0.25, 0.3) is 5.69 Å². The minimum absolute atomic E-state index is 0.0462. The first-order valence-electron chi connectivity index (χ1n) is 10.6. The number of ether oxygens (including phenoxy) is 1. The topological polar surface area (TPSA) is 83.1 Å². The van der Waals surface area contributed by atoms with Crippen LogP contribution < -0.4 is 4.74 Å². The lowest BCUT2D eigenvalue weighted by atomic mass is 10.1. The van der Waals surface area contributed by atoms with E-state index in [9.17, 15) is 10.1 Å². The molecule has 1 heterocycles. The molecule has 1 atom stereocenters. The van der Waals surface area contributed by atoms with Gasteiger partial charge in [-0.2, -0.15) is 0 Å². The zero-order chi connectivity index (χ0) is 23.2. The van der Waals surface area contributed by atoms with Crippen molar-refractivity contribution in [1.82, 2.24) is 14.8 Å². The molecule has 1 unspecified atom stereocenters. The summed E-state index contributed by atoms with van der Waals surface area (Å²) in [4.78, 5) is 10.8. The Kier molecular flexibility index (Phi) is 7.04. The van der Waals surface area contributed by atoms with Crippen LogP contribution in [0.1, 0.15) is 23.3 Å². The molecule has 0 amide bonds. The molecule has 0 N–H and O–H groups in total. The molecule has 168 valence electrons. The summed E-state index contributed by atoms with van der Waals surface area (Å²) >= 11 is 1.53. The second-order valence-electron chi connectivity index (χ2n) is 7.51. The quantitative estimate of drug-likeness (QED) is 0.174. The molecule has 0 saturated heterocycles. The third-order valence-electron chi connectivity index (χ3n) is 5.36. The van der Waals surface area contributed by atoms with Crippen molar-refractivity contribution in [3.63, 3.8) is 0 Å². The Morgan fingerprint density at radius 2 is 1.79 bits per heavy atom. The van der Waals surface area contributed by atoms with Gasteiger partial charge in [-0.3, -0.25) is 10.1 Å². The van der Waals surface area contributed by atoms with Crippen molar-refractivity contribution in [2.75, 3.05) is 7.11 Å². The fourth-order valence-electron chi connectivity index (χ4n) is 3.61. The first-order chi connectivity index (χ1) is 16.1. The Bertz CT molecular complexity index is 1240. The van der Waals surface area contributed by atoms with E-state index in [1.54, 1.807) is 19.2 Å². The lowest BCUT2D eigenvalue weighted by Gasteiger charge is -2.15. The molecule has 0 aliphatic rings. The molecule has 7 nitrogen and oxygen atoms in total. The van der Waals surface area contributed by atoms with Crippen LogP contribution in [-0.2, 0) is 13.0 Å². The van der Waals surface area contributed by atoms with Crippen molar-refractivity contribution in [2.24, 2.45) is 0 Å². The van der Waals surface area contributed by atoms with Crippen LogP contribution >= 0.6 is 11.8 Å². The standard InChI is InChI=1S/C25H24N4O3S/c1-18(20-11-8-12-21(17-20)29(30)31)33-25-27-26-24(22-13-6-7-14-23(22)32-2)28(25)16-15-19-9-4-3-5-10-19/h3-14,17-18H,15-16H2,1-2H3. The normalized spacial score (nSPS) is 11.8. The third kappa shape index (κ3) is 5.23. The number of para-hydroxylation sites is 1. The second-order valence-corrected chi connectivity index (χ2v) is 8.81. The van der Waals surface area contributed by atoms with Crippen molar-refractivity contribution in [2.45, 2.75) is 30.3 Å². The molecule has 3 aromatic carbocycles. The number of non-ortho nitro benzene ring substituents is 1. The fraction of sp³-hybridized carbons (Fsp3) is 0.200. The number of nitro benzene ring substituents is 1. The van der Waals surface area contributed by atoms with Crippen molar-refractivity contribution in [3.8, 4) is 17.1 Å². The minimum Gasteiger partial charge on any atom is -0.496 e. The Morgan fingerprint density at radius 3 is 2.55 bits per heavy atom. The summed E-state index contributed by atoms with van der Waals surface area (Å²) in [6, 6.07) is 24.8. The number of nitrogens with zero attached hydrogens (tertiary/aromatic N) is 4. The van der Waals surface area contributed by atoms with E-state index in [0.29, 0.717) is 6.54 Å². The first-order valence-corrected chi connectivity index (χ1v) is 11.5. The van der Waals surface area contributed by atoms with Crippen molar-refractivity contribution >= 4 is 17.4 Å². The summed E-state index contributed by atoms with van der Waals surface area (Å²) in [7, 11) is 1.64. The highest BCUT2D eigenvalue weighted by molar-refractivity contribution is 7.99. The van der Waals surface area contributed by atoms with Gasteiger partial charge >= 0.3 is 0 Å². The lowest BCUT2D eigenvalue weighted by molar-refractivity contribution is -0.384. The molecule has 0 spiro atoms. The molecule has 0 aliphatic heterocycles. The van der Waals surface area contributed by atoms with E-state index in [0.717, 1.165) is 34.3 Å². The zero-order valence-corrected chi connectivity index (χ0v) is 19.2. The van der Waals surface area contributed by atoms with E-state index in [2.05, 4.69) is 26.9 Å². The first kappa shape index (κ1) is 22.5. The maximum absolute atomic E-state index is 11.2. The number of aromatic nitrogens is 3. The van der Waals surface area contributed by atoms with Crippen LogP contribution in [0.2, 0.25) is 0 Å². The van der Waals surface area contributed by atoms with Gasteiger partial charge in [0.2, 0.25) is 0 Å². The van der Waals surface area contributed by atoms with Crippen molar-refractivity contribution in [3.05, 3.63) is 100 Å². The van der Waals surface area contributed by atoms with E-state index in [1.807, 2.05) is 55.5 Å². The van der Waals surface area contributed by atoms with Gasteiger partial charge in [-0.1, -0.05) is 66.4 Å². The second kappa shape index (κ2) is 10.3. The number of hydrogen-bond acceptors (Lipinski definition) is 6. The molecule has 0 fully saturated rings. The van der Waals surface area contributed by atoms with Gasteiger partial charge in [0.15, 0.2) is 11.0 Å².